The predicted molar refractivity (Wildman–Crippen MR) is 80.1 cm³/mol. The second-order valence-electron chi connectivity index (χ2n) is 3.78. The minimum absolute atomic E-state index is 0.0109. The number of nitrogens with two attached hydrogens (primary N) is 1. The molecule has 1 unspecified atom stereocenters. The van der Waals surface area contributed by atoms with Gasteiger partial charge in [-0.1, -0.05) is 42.3 Å². The Morgan fingerprint density at radius 1 is 1.61 bits per heavy atom. The monoisotopic (exact) mass is 346 g/mol. The molecule has 102 valence electrons. The summed E-state index contributed by atoms with van der Waals surface area (Å²) < 4.78 is 26.1. The molecule has 0 saturated heterocycles. The quantitative estimate of drug-likeness (QED) is 0.832. The van der Waals surface area contributed by atoms with Crippen molar-refractivity contribution < 1.29 is 8.42 Å². The number of hydrogen-bond donors (Lipinski definition) is 1. The number of rotatable bonds is 5. The van der Waals surface area contributed by atoms with Gasteiger partial charge in [-0.05, 0) is 6.07 Å². The van der Waals surface area contributed by atoms with Crippen LogP contribution in [0, 0.1) is 5.92 Å². The highest BCUT2D eigenvalue weighted by Crippen LogP contribution is 2.35. The van der Waals surface area contributed by atoms with Crippen LogP contribution in [-0.2, 0) is 10.0 Å². The maximum Gasteiger partial charge on any atom is 0.245 e. The van der Waals surface area contributed by atoms with Gasteiger partial charge >= 0.3 is 0 Å². The van der Waals surface area contributed by atoms with Gasteiger partial charge in [0.15, 0.2) is 0 Å². The second-order valence-corrected chi connectivity index (χ2v) is 8.55. The van der Waals surface area contributed by atoms with E-state index in [1.54, 1.807) is 6.92 Å². The Balaban J connectivity index is 3.00. The van der Waals surface area contributed by atoms with Crippen molar-refractivity contribution in [3.8, 4) is 0 Å². The molecule has 0 aliphatic carbocycles. The standard InChI is InChI=1S/C9H12Cl2N2O2S3/c1-5(9(12)16)4-13(2)18(14,15)6-3-7(10)17-8(6)11/h3,5H,4H2,1-2H3,(H2,12,16). The maximum atomic E-state index is 12.2. The van der Waals surface area contributed by atoms with E-state index in [9.17, 15) is 8.42 Å². The summed E-state index contributed by atoms with van der Waals surface area (Å²) in [7, 11) is -2.21. The summed E-state index contributed by atoms with van der Waals surface area (Å²) in [5.74, 6) is -0.215. The van der Waals surface area contributed by atoms with Gasteiger partial charge in [0.25, 0.3) is 0 Å². The zero-order valence-corrected chi connectivity index (χ0v) is 13.6. The van der Waals surface area contributed by atoms with E-state index in [4.69, 9.17) is 41.2 Å². The fraction of sp³-hybridized carbons (Fsp3) is 0.444. The van der Waals surface area contributed by atoms with Gasteiger partial charge in [0.05, 0.1) is 9.32 Å². The molecule has 0 radical (unpaired) electrons. The first-order valence-electron chi connectivity index (χ1n) is 4.86. The topological polar surface area (TPSA) is 63.4 Å². The van der Waals surface area contributed by atoms with Gasteiger partial charge in [-0.2, -0.15) is 0 Å². The van der Waals surface area contributed by atoms with Crippen molar-refractivity contribution in [1.82, 2.24) is 4.31 Å². The molecule has 0 bridgehead atoms. The van der Waals surface area contributed by atoms with Crippen LogP contribution in [0.3, 0.4) is 0 Å². The Bertz CT molecular complexity index is 556. The van der Waals surface area contributed by atoms with E-state index < -0.39 is 10.0 Å². The molecular weight excluding hydrogens is 335 g/mol. The molecule has 4 nitrogen and oxygen atoms in total. The van der Waals surface area contributed by atoms with E-state index in [0.717, 1.165) is 11.3 Å². The molecule has 1 heterocycles. The summed E-state index contributed by atoms with van der Waals surface area (Å²) in [4.78, 5) is 0.281. The van der Waals surface area contributed by atoms with Crippen molar-refractivity contribution in [2.24, 2.45) is 11.7 Å². The Labute approximate surface area is 126 Å². The van der Waals surface area contributed by atoms with Crippen LogP contribution in [0.4, 0.5) is 0 Å². The SMILES string of the molecule is CC(CN(C)S(=O)(=O)c1cc(Cl)sc1Cl)C(N)=S. The highest BCUT2D eigenvalue weighted by molar-refractivity contribution is 7.89. The molecule has 18 heavy (non-hydrogen) atoms. The Morgan fingerprint density at radius 2 is 2.17 bits per heavy atom. The lowest BCUT2D eigenvalue weighted by Crippen LogP contribution is -2.35. The summed E-state index contributed by atoms with van der Waals surface area (Å²) >= 11 is 17.4. The fourth-order valence-corrected chi connectivity index (χ4v) is 4.69. The molecule has 1 aromatic rings. The number of nitrogens with zero attached hydrogens (tertiary/aromatic N) is 1. The number of thiocarbonyl (C=S) groups is 1. The van der Waals surface area contributed by atoms with Crippen LogP contribution in [-0.4, -0.2) is 31.3 Å². The van der Waals surface area contributed by atoms with E-state index >= 15 is 0 Å². The number of hydrogen-bond acceptors (Lipinski definition) is 4. The van der Waals surface area contributed by atoms with E-state index in [-0.39, 0.29) is 26.7 Å². The van der Waals surface area contributed by atoms with Gasteiger partial charge in [-0.25, -0.2) is 12.7 Å². The lowest BCUT2D eigenvalue weighted by Gasteiger charge is -2.20. The van der Waals surface area contributed by atoms with Gasteiger partial charge in [0, 0.05) is 19.5 Å². The Morgan fingerprint density at radius 3 is 2.56 bits per heavy atom. The van der Waals surface area contributed by atoms with Crippen LogP contribution in [0.1, 0.15) is 6.92 Å². The molecule has 0 aromatic carbocycles. The van der Waals surface area contributed by atoms with Crippen LogP contribution in [0.15, 0.2) is 11.0 Å². The van der Waals surface area contributed by atoms with Crippen molar-refractivity contribution in [3.05, 3.63) is 14.7 Å². The molecule has 0 fully saturated rings. The molecule has 1 aromatic heterocycles. The molecule has 0 aliphatic heterocycles. The lowest BCUT2D eigenvalue weighted by atomic mass is 10.2. The minimum atomic E-state index is -3.67. The predicted octanol–water partition coefficient (Wildman–Crippen LogP) is 2.60. The van der Waals surface area contributed by atoms with Crippen molar-refractivity contribution in [2.45, 2.75) is 11.8 Å². The first-order valence-corrected chi connectivity index (χ1v) is 8.28. The van der Waals surface area contributed by atoms with Crippen molar-refractivity contribution >= 4 is 61.8 Å². The molecule has 0 amide bonds. The zero-order valence-electron chi connectivity index (χ0n) is 9.68. The third-order valence-corrected chi connectivity index (χ3v) is 6.31. The fourth-order valence-electron chi connectivity index (χ4n) is 1.24. The molecule has 9 heteroatoms. The number of halogens is 2. The Kier molecular flexibility index (Phi) is 5.40. The highest BCUT2D eigenvalue weighted by Gasteiger charge is 2.27. The van der Waals surface area contributed by atoms with Crippen molar-refractivity contribution in [3.63, 3.8) is 0 Å². The minimum Gasteiger partial charge on any atom is -0.393 e. The Hall–Kier alpha value is 0.0800. The summed E-state index contributed by atoms with van der Waals surface area (Å²) in [5, 5.41) is 0. The van der Waals surface area contributed by atoms with E-state index in [1.165, 1.54) is 17.4 Å². The lowest BCUT2D eigenvalue weighted by molar-refractivity contribution is 0.445. The molecular formula is C9H12Cl2N2O2S3. The summed E-state index contributed by atoms with van der Waals surface area (Å²) in [6, 6.07) is 1.34. The van der Waals surface area contributed by atoms with E-state index in [1.807, 2.05) is 0 Å². The zero-order chi connectivity index (χ0) is 14.1. The average molecular weight is 347 g/mol. The summed E-state index contributed by atoms with van der Waals surface area (Å²) in [5.41, 5.74) is 5.47. The average Bonchev–Trinajstić information content (AvgIpc) is 2.57. The summed E-state index contributed by atoms with van der Waals surface area (Å²) in [6.07, 6.45) is 0. The maximum absolute atomic E-state index is 12.2. The van der Waals surface area contributed by atoms with Gasteiger partial charge in [0.1, 0.15) is 9.23 Å². The van der Waals surface area contributed by atoms with Crippen molar-refractivity contribution in [2.75, 3.05) is 13.6 Å². The normalized spacial score (nSPS) is 13.8. The largest absolute Gasteiger partial charge is 0.393 e. The van der Waals surface area contributed by atoms with Gasteiger partial charge < -0.3 is 5.73 Å². The first kappa shape index (κ1) is 16.1. The van der Waals surface area contributed by atoms with E-state index in [0.29, 0.717) is 4.34 Å². The van der Waals surface area contributed by atoms with Crippen LogP contribution < -0.4 is 5.73 Å². The smallest absolute Gasteiger partial charge is 0.245 e. The molecule has 0 aliphatic rings. The van der Waals surface area contributed by atoms with Crippen LogP contribution in [0.2, 0.25) is 8.67 Å². The first-order chi connectivity index (χ1) is 8.16. The second kappa shape index (κ2) is 6.02. The van der Waals surface area contributed by atoms with Gasteiger partial charge in [-0.15, -0.1) is 11.3 Å². The van der Waals surface area contributed by atoms with Gasteiger partial charge in [0.2, 0.25) is 10.0 Å². The highest BCUT2D eigenvalue weighted by atomic mass is 35.5. The van der Waals surface area contributed by atoms with Crippen LogP contribution >= 0.6 is 46.8 Å². The summed E-state index contributed by atoms with van der Waals surface area (Å²) in [6.45, 7) is 1.96. The third kappa shape index (κ3) is 3.55. The van der Waals surface area contributed by atoms with Crippen LogP contribution in [0.5, 0.6) is 0 Å². The molecule has 0 saturated carbocycles. The van der Waals surface area contributed by atoms with Crippen LogP contribution in [0.25, 0.3) is 0 Å². The van der Waals surface area contributed by atoms with Crippen molar-refractivity contribution in [1.29, 1.82) is 0 Å². The molecule has 0 spiro atoms. The molecule has 1 atom stereocenters. The number of sulfonamides is 1. The molecule has 2 N–H and O–H groups in total. The van der Waals surface area contributed by atoms with Gasteiger partial charge in [-0.3, -0.25) is 0 Å². The number of thiophene rings is 1. The van der Waals surface area contributed by atoms with E-state index in [2.05, 4.69) is 0 Å². The third-order valence-electron chi connectivity index (χ3n) is 2.33. The molecule has 1 rings (SSSR count).